The average Bonchev–Trinajstić information content (AvgIpc) is 3.33. The number of rotatable bonds is 7. The average molecular weight is 397 g/mol. The van der Waals surface area contributed by atoms with E-state index < -0.39 is 6.10 Å². The fraction of sp³-hybridized carbons (Fsp3) is 0.524. The molecular formula is C21H27N5O3. The first-order valence-electron chi connectivity index (χ1n) is 10.2. The topological polar surface area (TPSA) is 86.8 Å². The van der Waals surface area contributed by atoms with Crippen molar-refractivity contribution in [2.24, 2.45) is 0 Å². The van der Waals surface area contributed by atoms with Crippen LogP contribution in [0, 0.1) is 11.3 Å². The number of hydrogen-bond acceptors (Lipinski definition) is 7. The molecule has 8 heteroatoms. The Balaban J connectivity index is 1.27. The Morgan fingerprint density at radius 2 is 2.17 bits per heavy atom. The number of aliphatic hydroxyl groups is 1. The number of ether oxygens (including phenoxy) is 1. The fourth-order valence-corrected chi connectivity index (χ4v) is 3.84. The summed E-state index contributed by atoms with van der Waals surface area (Å²) in [6, 6.07) is 11.9. The standard InChI is InChI=1S/C21H27N5O3/c22-12-18-11-19-14-24(6-2-8-26(19)23-18)15-20(27)16-28-21-5-1-4-17(10-21)13-25-7-3-9-29-25/h1,4-5,10-11,20,27H,2-3,6-9,13-16H2. The van der Waals surface area contributed by atoms with Gasteiger partial charge in [0.25, 0.3) is 0 Å². The summed E-state index contributed by atoms with van der Waals surface area (Å²) in [6.07, 6.45) is 1.41. The van der Waals surface area contributed by atoms with Gasteiger partial charge in [-0.15, -0.1) is 0 Å². The molecule has 1 fully saturated rings. The summed E-state index contributed by atoms with van der Waals surface area (Å²) in [5, 5.41) is 25.8. The predicted molar refractivity (Wildman–Crippen MR) is 106 cm³/mol. The molecule has 0 spiro atoms. The molecule has 1 saturated heterocycles. The van der Waals surface area contributed by atoms with Gasteiger partial charge in [0.1, 0.15) is 24.5 Å². The van der Waals surface area contributed by atoms with Crippen LogP contribution in [0.2, 0.25) is 0 Å². The number of aromatic nitrogens is 2. The van der Waals surface area contributed by atoms with E-state index in [0.717, 1.165) is 62.6 Å². The maximum Gasteiger partial charge on any atom is 0.162 e. The fourth-order valence-electron chi connectivity index (χ4n) is 3.84. The third-order valence-electron chi connectivity index (χ3n) is 5.20. The monoisotopic (exact) mass is 397 g/mol. The first kappa shape index (κ1) is 19.9. The van der Waals surface area contributed by atoms with E-state index in [2.05, 4.69) is 22.1 Å². The lowest BCUT2D eigenvalue weighted by molar-refractivity contribution is -0.117. The zero-order chi connectivity index (χ0) is 20.1. The van der Waals surface area contributed by atoms with Crippen LogP contribution < -0.4 is 4.74 Å². The number of β-amino-alcohol motifs (C(OH)–C–C–N with tert-alkyl or cyclic N) is 1. The predicted octanol–water partition coefficient (Wildman–Crippen LogP) is 1.54. The molecule has 0 aliphatic carbocycles. The van der Waals surface area contributed by atoms with Crippen LogP contribution in [-0.4, -0.2) is 63.8 Å². The van der Waals surface area contributed by atoms with Gasteiger partial charge in [-0.2, -0.15) is 15.4 Å². The summed E-state index contributed by atoms with van der Waals surface area (Å²) >= 11 is 0. The minimum atomic E-state index is -0.592. The van der Waals surface area contributed by atoms with Crippen molar-refractivity contribution in [3.05, 3.63) is 47.3 Å². The number of hydrogen-bond donors (Lipinski definition) is 1. The quantitative estimate of drug-likeness (QED) is 0.758. The number of nitrogens with zero attached hydrogens (tertiary/aromatic N) is 5. The summed E-state index contributed by atoms with van der Waals surface area (Å²) in [5.41, 5.74) is 2.60. The molecule has 154 valence electrons. The number of nitriles is 1. The Morgan fingerprint density at radius 3 is 3.00 bits per heavy atom. The first-order chi connectivity index (χ1) is 14.2. The maximum atomic E-state index is 10.5. The molecule has 1 N–H and O–H groups in total. The van der Waals surface area contributed by atoms with E-state index in [4.69, 9.17) is 14.8 Å². The van der Waals surface area contributed by atoms with E-state index in [1.165, 1.54) is 0 Å². The SMILES string of the molecule is N#Cc1cc2n(n1)CCCN(CC(O)COc1cccc(CN3CCCO3)c1)C2. The molecule has 2 aliphatic heterocycles. The van der Waals surface area contributed by atoms with Gasteiger partial charge in [0.15, 0.2) is 5.69 Å². The molecule has 1 atom stereocenters. The normalized spacial score (nSPS) is 18.8. The molecule has 29 heavy (non-hydrogen) atoms. The molecule has 8 nitrogen and oxygen atoms in total. The second-order valence-electron chi connectivity index (χ2n) is 7.61. The zero-order valence-electron chi connectivity index (χ0n) is 16.5. The summed E-state index contributed by atoms with van der Waals surface area (Å²) in [4.78, 5) is 7.74. The van der Waals surface area contributed by atoms with Crippen molar-refractivity contribution in [1.29, 1.82) is 5.26 Å². The Hall–Kier alpha value is -2.44. The number of aliphatic hydroxyl groups excluding tert-OH is 1. The smallest absolute Gasteiger partial charge is 0.162 e. The van der Waals surface area contributed by atoms with E-state index in [-0.39, 0.29) is 6.61 Å². The molecule has 2 aliphatic rings. The third kappa shape index (κ3) is 5.34. The van der Waals surface area contributed by atoms with Gasteiger partial charge in [-0.1, -0.05) is 12.1 Å². The van der Waals surface area contributed by atoms with Crippen LogP contribution in [0.4, 0.5) is 0 Å². The van der Waals surface area contributed by atoms with Crippen LogP contribution in [0.1, 0.15) is 29.8 Å². The van der Waals surface area contributed by atoms with Crippen molar-refractivity contribution in [2.45, 2.75) is 38.6 Å². The van der Waals surface area contributed by atoms with Gasteiger partial charge in [0.2, 0.25) is 0 Å². The lowest BCUT2D eigenvalue weighted by Gasteiger charge is -2.23. The van der Waals surface area contributed by atoms with Crippen LogP contribution >= 0.6 is 0 Å². The lowest BCUT2D eigenvalue weighted by Crippen LogP contribution is -2.35. The molecule has 0 amide bonds. The van der Waals surface area contributed by atoms with Crippen molar-refractivity contribution >= 4 is 0 Å². The van der Waals surface area contributed by atoms with Crippen molar-refractivity contribution in [3.63, 3.8) is 0 Å². The van der Waals surface area contributed by atoms with Crippen LogP contribution in [0.25, 0.3) is 0 Å². The molecule has 0 radical (unpaired) electrons. The van der Waals surface area contributed by atoms with E-state index in [1.54, 1.807) is 0 Å². The van der Waals surface area contributed by atoms with E-state index in [0.29, 0.717) is 18.8 Å². The van der Waals surface area contributed by atoms with Gasteiger partial charge in [-0.05, 0) is 36.6 Å². The number of hydroxylamine groups is 2. The maximum absolute atomic E-state index is 10.5. The summed E-state index contributed by atoms with van der Waals surface area (Å²) < 4.78 is 7.74. The Bertz CT molecular complexity index is 856. The largest absolute Gasteiger partial charge is 0.491 e. The second-order valence-corrected chi connectivity index (χ2v) is 7.61. The van der Waals surface area contributed by atoms with Gasteiger partial charge in [-0.3, -0.25) is 14.4 Å². The Labute approximate surface area is 170 Å². The molecule has 1 unspecified atom stereocenters. The minimum Gasteiger partial charge on any atom is -0.491 e. The molecule has 4 rings (SSSR count). The Kier molecular flexibility index (Phi) is 6.42. The zero-order valence-corrected chi connectivity index (χ0v) is 16.5. The minimum absolute atomic E-state index is 0.239. The molecular weight excluding hydrogens is 370 g/mol. The van der Waals surface area contributed by atoms with Crippen molar-refractivity contribution < 1.29 is 14.7 Å². The lowest BCUT2D eigenvalue weighted by atomic mass is 10.2. The number of fused-ring (bicyclic) bond motifs is 1. The number of benzene rings is 1. The van der Waals surface area contributed by atoms with Crippen LogP contribution in [0.3, 0.4) is 0 Å². The molecule has 1 aromatic heterocycles. The van der Waals surface area contributed by atoms with Gasteiger partial charge in [0, 0.05) is 39.3 Å². The number of aryl methyl sites for hydroxylation is 1. The van der Waals surface area contributed by atoms with Crippen LogP contribution in [0.5, 0.6) is 5.75 Å². The highest BCUT2D eigenvalue weighted by Crippen LogP contribution is 2.18. The Morgan fingerprint density at radius 1 is 1.24 bits per heavy atom. The molecule has 0 bridgehead atoms. The molecule has 3 heterocycles. The van der Waals surface area contributed by atoms with Gasteiger partial charge < -0.3 is 9.84 Å². The first-order valence-corrected chi connectivity index (χ1v) is 10.2. The van der Waals surface area contributed by atoms with Crippen LogP contribution in [-0.2, 0) is 24.5 Å². The highest BCUT2D eigenvalue weighted by atomic mass is 16.7. The molecule has 2 aromatic rings. The van der Waals surface area contributed by atoms with Gasteiger partial charge in [-0.25, -0.2) is 0 Å². The van der Waals surface area contributed by atoms with Crippen molar-refractivity contribution in [3.8, 4) is 11.8 Å². The van der Waals surface area contributed by atoms with Crippen LogP contribution in [0.15, 0.2) is 30.3 Å². The third-order valence-corrected chi connectivity index (χ3v) is 5.20. The van der Waals surface area contributed by atoms with E-state index in [9.17, 15) is 5.11 Å². The van der Waals surface area contributed by atoms with E-state index >= 15 is 0 Å². The highest BCUT2D eigenvalue weighted by Gasteiger charge is 2.19. The highest BCUT2D eigenvalue weighted by molar-refractivity contribution is 5.28. The molecule has 1 aromatic carbocycles. The summed E-state index contributed by atoms with van der Waals surface area (Å²) in [5.74, 6) is 0.758. The van der Waals surface area contributed by atoms with Crippen molar-refractivity contribution in [2.75, 3.05) is 32.8 Å². The summed E-state index contributed by atoms with van der Waals surface area (Å²) in [6.45, 7) is 5.60. The second kappa shape index (κ2) is 9.37. The van der Waals surface area contributed by atoms with E-state index in [1.807, 2.05) is 34.0 Å². The van der Waals surface area contributed by atoms with Crippen molar-refractivity contribution in [1.82, 2.24) is 19.7 Å². The summed E-state index contributed by atoms with van der Waals surface area (Å²) in [7, 11) is 0. The van der Waals surface area contributed by atoms with Gasteiger partial charge in [0.05, 0.1) is 12.3 Å². The molecule has 0 saturated carbocycles. The van der Waals surface area contributed by atoms with Gasteiger partial charge >= 0.3 is 0 Å².